The number of hydrogen-bond acceptors (Lipinski definition) is 11. The summed E-state index contributed by atoms with van der Waals surface area (Å²) in [5.41, 5.74) is 5.17. The van der Waals surface area contributed by atoms with E-state index in [0.717, 1.165) is 25.6 Å². The molecule has 0 aliphatic carbocycles. The van der Waals surface area contributed by atoms with E-state index in [2.05, 4.69) is 25.0 Å². The normalized spacial score (nSPS) is 19.6. The standard InChI is InChI=1S/C11H13N5O8S2.Na.H/c1-23-10(19)7-6(9(18)16(7)26(20,21)22)14-8(17)5(15-24-2)4-3-25-11(12)13-4;;/h3,6-7H,1-2H3,(H2,12,13)(H,14,17)(H,20,21,22);;/b15-5-;;. The van der Waals surface area contributed by atoms with Crippen LogP contribution in [0.15, 0.2) is 10.5 Å². The first-order chi connectivity index (χ1) is 12.1. The predicted octanol–water partition coefficient (Wildman–Crippen LogP) is -2.90. The van der Waals surface area contributed by atoms with Crippen LogP contribution in [0.1, 0.15) is 5.69 Å². The molecule has 4 N–H and O–H groups in total. The van der Waals surface area contributed by atoms with Gasteiger partial charge in [-0.25, -0.2) is 9.78 Å². The van der Waals surface area contributed by atoms with Crippen LogP contribution in [0.2, 0.25) is 0 Å². The molecule has 1 aliphatic rings. The monoisotopic (exact) mass is 431 g/mol. The number of nitrogens with one attached hydrogen (secondary N) is 1. The number of aromatic nitrogens is 1. The van der Waals surface area contributed by atoms with Gasteiger partial charge in [-0.1, -0.05) is 5.16 Å². The van der Waals surface area contributed by atoms with Crippen molar-refractivity contribution in [2.24, 2.45) is 5.16 Å². The number of nitrogens with zero attached hydrogens (tertiary/aromatic N) is 3. The van der Waals surface area contributed by atoms with E-state index in [-0.39, 0.29) is 50.4 Å². The van der Waals surface area contributed by atoms with Crippen LogP contribution in [0.5, 0.6) is 0 Å². The van der Waals surface area contributed by atoms with Crippen molar-refractivity contribution < 1.29 is 36.9 Å². The molecule has 16 heteroatoms. The Morgan fingerprint density at radius 2 is 2.07 bits per heavy atom. The number of hydrogen-bond donors (Lipinski definition) is 3. The summed E-state index contributed by atoms with van der Waals surface area (Å²) in [6, 6.07) is -3.37. The van der Waals surface area contributed by atoms with Crippen LogP contribution in [0.25, 0.3) is 0 Å². The Kier molecular flexibility index (Phi) is 7.70. The molecule has 1 aromatic heterocycles. The van der Waals surface area contributed by atoms with Crippen LogP contribution < -0.4 is 11.1 Å². The fraction of sp³-hybridized carbons (Fsp3) is 0.364. The average Bonchev–Trinajstić information content (AvgIpc) is 2.98. The summed E-state index contributed by atoms with van der Waals surface area (Å²) in [4.78, 5) is 44.5. The molecule has 1 fully saturated rings. The molecule has 1 aliphatic heterocycles. The van der Waals surface area contributed by atoms with Crippen LogP contribution in [-0.4, -0.2) is 102 Å². The van der Waals surface area contributed by atoms with E-state index in [1.165, 1.54) is 5.38 Å². The number of nitrogens with two attached hydrogens (primary N) is 1. The molecule has 2 unspecified atom stereocenters. The number of ether oxygens (including phenoxy) is 1. The Morgan fingerprint density at radius 1 is 1.44 bits per heavy atom. The molecule has 2 rings (SSSR count). The van der Waals surface area contributed by atoms with Crippen molar-refractivity contribution in [3.63, 3.8) is 0 Å². The number of β-lactam (4-membered cyclic amide) rings is 1. The molecule has 1 aromatic rings. The molecule has 13 nitrogen and oxygen atoms in total. The molecular weight excluding hydrogens is 417 g/mol. The summed E-state index contributed by atoms with van der Waals surface area (Å²) in [5, 5.41) is 7.16. The topological polar surface area (TPSA) is 191 Å². The molecule has 0 spiro atoms. The Labute approximate surface area is 179 Å². The van der Waals surface area contributed by atoms with Gasteiger partial charge in [-0.15, -0.1) is 11.3 Å². The number of carbonyl (C=O) groups is 3. The number of amides is 2. The number of anilines is 1. The second-order valence-corrected chi connectivity index (χ2v) is 6.90. The fourth-order valence-corrected chi connectivity index (χ4v) is 3.50. The molecular formula is C11H14N5NaO8S2. The Hall–Kier alpha value is -1.78. The third-order valence-electron chi connectivity index (χ3n) is 3.19. The van der Waals surface area contributed by atoms with Gasteiger partial charge in [0, 0.05) is 5.38 Å². The molecule has 2 amide bonds. The van der Waals surface area contributed by atoms with Crippen molar-refractivity contribution in [3.05, 3.63) is 11.1 Å². The first kappa shape index (κ1) is 23.3. The number of oxime groups is 1. The van der Waals surface area contributed by atoms with Gasteiger partial charge in [0.15, 0.2) is 16.9 Å². The minimum absolute atomic E-state index is 0. The van der Waals surface area contributed by atoms with Gasteiger partial charge in [-0.2, -0.15) is 12.7 Å². The SMILES string of the molecule is CO/N=C(\C(=O)NC1C(=O)N(S(=O)(=O)O)C1C(=O)OC)c1csc(N)n1.[NaH]. The molecule has 0 saturated carbocycles. The van der Waals surface area contributed by atoms with E-state index in [9.17, 15) is 22.8 Å². The zero-order valence-corrected chi connectivity index (χ0v) is 14.9. The summed E-state index contributed by atoms with van der Waals surface area (Å²) in [7, 11) is -2.91. The molecule has 0 radical (unpaired) electrons. The molecule has 2 heterocycles. The van der Waals surface area contributed by atoms with Gasteiger partial charge in [0.25, 0.3) is 11.8 Å². The second-order valence-electron chi connectivity index (χ2n) is 4.72. The minimum atomic E-state index is -5.02. The van der Waals surface area contributed by atoms with Gasteiger partial charge in [-0.05, 0) is 0 Å². The van der Waals surface area contributed by atoms with Crippen molar-refractivity contribution in [3.8, 4) is 0 Å². The van der Waals surface area contributed by atoms with E-state index >= 15 is 0 Å². The van der Waals surface area contributed by atoms with Gasteiger partial charge in [0.2, 0.25) is 0 Å². The van der Waals surface area contributed by atoms with Crippen LogP contribution in [0.3, 0.4) is 0 Å². The van der Waals surface area contributed by atoms with E-state index < -0.39 is 40.2 Å². The van der Waals surface area contributed by atoms with E-state index in [4.69, 9.17) is 10.3 Å². The molecule has 27 heavy (non-hydrogen) atoms. The summed E-state index contributed by atoms with van der Waals surface area (Å²) in [6.45, 7) is 0. The Balaban J connectivity index is 0.00000364. The number of esters is 1. The van der Waals surface area contributed by atoms with Gasteiger partial charge in [0.05, 0.1) is 7.11 Å². The summed E-state index contributed by atoms with van der Waals surface area (Å²) in [5.74, 6) is -3.37. The number of carbonyl (C=O) groups excluding carboxylic acids is 3. The summed E-state index contributed by atoms with van der Waals surface area (Å²) in [6.07, 6.45) is 0. The summed E-state index contributed by atoms with van der Waals surface area (Å²) < 4.78 is 35.8. The van der Waals surface area contributed by atoms with Crippen LogP contribution >= 0.6 is 11.3 Å². The van der Waals surface area contributed by atoms with Crippen LogP contribution in [0.4, 0.5) is 5.13 Å². The molecule has 0 bridgehead atoms. The maximum atomic E-state index is 12.4. The van der Waals surface area contributed by atoms with Gasteiger partial charge in [0.1, 0.15) is 18.8 Å². The predicted molar refractivity (Wildman–Crippen MR) is 93.4 cm³/mol. The first-order valence-corrected chi connectivity index (χ1v) is 8.91. The number of thiazole rings is 1. The average molecular weight is 431 g/mol. The molecule has 2 atom stereocenters. The van der Waals surface area contributed by atoms with Gasteiger partial charge < -0.3 is 20.6 Å². The number of rotatable bonds is 6. The third kappa shape index (κ3) is 4.74. The van der Waals surface area contributed by atoms with E-state index in [1.54, 1.807) is 0 Å². The second kappa shape index (κ2) is 8.94. The molecule has 144 valence electrons. The Morgan fingerprint density at radius 3 is 2.52 bits per heavy atom. The molecule has 0 aromatic carbocycles. The van der Waals surface area contributed by atoms with Crippen molar-refractivity contribution in [1.82, 2.24) is 14.6 Å². The first-order valence-electron chi connectivity index (χ1n) is 6.63. The van der Waals surface area contributed by atoms with E-state index in [0.29, 0.717) is 0 Å². The molecule has 1 saturated heterocycles. The van der Waals surface area contributed by atoms with Gasteiger partial charge in [-0.3, -0.25) is 14.1 Å². The van der Waals surface area contributed by atoms with Gasteiger partial charge >= 0.3 is 45.8 Å². The fourth-order valence-electron chi connectivity index (χ4n) is 2.11. The Bertz CT molecular complexity index is 885. The zero-order valence-electron chi connectivity index (χ0n) is 13.3. The van der Waals surface area contributed by atoms with Crippen LogP contribution in [-0.2, 0) is 34.3 Å². The number of methoxy groups -OCH3 is 1. The van der Waals surface area contributed by atoms with E-state index in [1.807, 2.05) is 0 Å². The third-order valence-corrected chi connectivity index (χ3v) is 4.77. The quantitative estimate of drug-likeness (QED) is 0.105. The number of nitrogen functional groups attached to an aromatic ring is 1. The maximum absolute atomic E-state index is 12.4. The summed E-state index contributed by atoms with van der Waals surface area (Å²) >= 11 is 1.02. The van der Waals surface area contributed by atoms with Crippen LogP contribution in [0, 0.1) is 0 Å². The van der Waals surface area contributed by atoms with Crippen molar-refractivity contribution in [2.45, 2.75) is 12.1 Å². The van der Waals surface area contributed by atoms with Crippen molar-refractivity contribution >= 4 is 79.8 Å². The van der Waals surface area contributed by atoms with Crippen molar-refractivity contribution in [1.29, 1.82) is 0 Å². The van der Waals surface area contributed by atoms with Crippen molar-refractivity contribution in [2.75, 3.05) is 20.0 Å². The zero-order chi connectivity index (χ0) is 19.6.